The summed E-state index contributed by atoms with van der Waals surface area (Å²) in [5.41, 5.74) is 1.27. The van der Waals surface area contributed by atoms with E-state index in [1.807, 2.05) is 13.8 Å². The highest BCUT2D eigenvalue weighted by atomic mass is 32.1. The first-order valence-corrected chi connectivity index (χ1v) is 11.5. The Labute approximate surface area is 135 Å². The second kappa shape index (κ2) is 7.21. The molecule has 0 N–H and O–H groups in total. The van der Waals surface area contributed by atoms with Crippen LogP contribution >= 0.6 is 11.3 Å². The van der Waals surface area contributed by atoms with Gasteiger partial charge in [0.1, 0.15) is 5.78 Å². The van der Waals surface area contributed by atoms with E-state index in [0.717, 1.165) is 6.42 Å². The SMILES string of the molecule is CC(C)C(=O)CCc1csc(CO[Si](C)(C)C(C)(C)C)c1. The van der Waals surface area contributed by atoms with Crippen LogP contribution in [0.1, 0.15) is 51.5 Å². The molecule has 1 aromatic rings. The Morgan fingerprint density at radius 2 is 1.95 bits per heavy atom. The largest absolute Gasteiger partial charge is 0.412 e. The summed E-state index contributed by atoms with van der Waals surface area (Å²) in [5, 5.41) is 2.41. The molecule has 0 spiro atoms. The van der Waals surface area contributed by atoms with E-state index in [1.165, 1.54) is 10.4 Å². The molecule has 0 unspecified atom stereocenters. The molecule has 1 heterocycles. The highest BCUT2D eigenvalue weighted by molar-refractivity contribution is 7.10. The quantitative estimate of drug-likeness (QED) is 0.625. The maximum atomic E-state index is 11.7. The van der Waals surface area contributed by atoms with Crippen molar-refractivity contribution in [2.75, 3.05) is 0 Å². The van der Waals surface area contributed by atoms with Gasteiger partial charge in [-0.2, -0.15) is 0 Å². The summed E-state index contributed by atoms with van der Waals surface area (Å²) in [6, 6.07) is 2.20. The van der Waals surface area contributed by atoms with Crippen LogP contribution in [0.3, 0.4) is 0 Å². The Kier molecular flexibility index (Phi) is 6.38. The minimum absolute atomic E-state index is 0.144. The van der Waals surface area contributed by atoms with E-state index < -0.39 is 8.32 Å². The molecule has 0 aromatic carbocycles. The fourth-order valence-corrected chi connectivity index (χ4v) is 3.55. The molecule has 0 saturated carbocycles. The Balaban J connectivity index is 2.51. The topological polar surface area (TPSA) is 26.3 Å². The Hall–Kier alpha value is -0.453. The minimum Gasteiger partial charge on any atom is -0.412 e. The van der Waals surface area contributed by atoms with E-state index in [2.05, 4.69) is 45.3 Å². The molecule has 0 aliphatic rings. The second-order valence-electron chi connectivity index (χ2n) is 7.59. The highest BCUT2D eigenvalue weighted by Crippen LogP contribution is 2.37. The number of Topliss-reactive ketones (excluding diaryl/α,β-unsaturated/α-hetero) is 1. The smallest absolute Gasteiger partial charge is 0.192 e. The summed E-state index contributed by atoms with van der Waals surface area (Å²) in [4.78, 5) is 12.9. The van der Waals surface area contributed by atoms with E-state index in [4.69, 9.17) is 4.43 Å². The molecule has 4 heteroatoms. The molecule has 0 atom stereocenters. The number of thiophene rings is 1. The van der Waals surface area contributed by atoms with Crippen LogP contribution in [0.5, 0.6) is 0 Å². The van der Waals surface area contributed by atoms with Crippen molar-refractivity contribution in [3.8, 4) is 0 Å². The molecule has 1 rings (SSSR count). The van der Waals surface area contributed by atoms with Gasteiger partial charge in [0.15, 0.2) is 8.32 Å². The third-order valence-corrected chi connectivity index (χ3v) is 9.83. The number of hydrogen-bond donors (Lipinski definition) is 0. The van der Waals surface area contributed by atoms with E-state index in [0.29, 0.717) is 18.8 Å². The molecule has 0 radical (unpaired) electrons. The molecule has 0 fully saturated rings. The lowest BCUT2D eigenvalue weighted by Gasteiger charge is -2.36. The van der Waals surface area contributed by atoms with Crippen LogP contribution in [0.4, 0.5) is 0 Å². The summed E-state index contributed by atoms with van der Waals surface area (Å²) < 4.78 is 6.24. The van der Waals surface area contributed by atoms with E-state index >= 15 is 0 Å². The minimum atomic E-state index is -1.68. The summed E-state index contributed by atoms with van der Waals surface area (Å²) >= 11 is 1.75. The predicted octanol–water partition coefficient (Wildman–Crippen LogP) is 5.43. The molecular formula is C17H30O2SSi. The van der Waals surface area contributed by atoms with Crippen LogP contribution in [-0.4, -0.2) is 14.1 Å². The highest BCUT2D eigenvalue weighted by Gasteiger charge is 2.37. The van der Waals surface area contributed by atoms with Crippen molar-refractivity contribution in [3.63, 3.8) is 0 Å². The summed E-state index contributed by atoms with van der Waals surface area (Å²) in [7, 11) is -1.68. The van der Waals surface area contributed by atoms with Crippen LogP contribution in [0.25, 0.3) is 0 Å². The molecule has 0 saturated heterocycles. The molecule has 0 aliphatic carbocycles. The van der Waals surface area contributed by atoms with E-state index in [1.54, 1.807) is 11.3 Å². The fraction of sp³-hybridized carbons (Fsp3) is 0.706. The Morgan fingerprint density at radius 3 is 2.48 bits per heavy atom. The average Bonchev–Trinajstić information content (AvgIpc) is 2.80. The maximum Gasteiger partial charge on any atom is 0.192 e. The standard InChI is InChI=1S/C17H30O2SSi/c1-13(2)16(18)9-8-14-10-15(20-12-14)11-19-21(6,7)17(3,4)5/h10,12-13H,8-9,11H2,1-7H3. The first kappa shape index (κ1) is 18.6. The van der Waals surface area contributed by atoms with Gasteiger partial charge in [0.2, 0.25) is 0 Å². The number of hydrogen-bond acceptors (Lipinski definition) is 3. The van der Waals surface area contributed by atoms with Gasteiger partial charge in [-0.3, -0.25) is 4.79 Å². The van der Waals surface area contributed by atoms with Crippen LogP contribution in [0, 0.1) is 5.92 Å². The molecule has 1 aromatic heterocycles. The van der Waals surface area contributed by atoms with Crippen LogP contribution in [-0.2, 0) is 22.2 Å². The van der Waals surface area contributed by atoms with Crippen molar-refractivity contribution in [1.82, 2.24) is 0 Å². The number of aryl methyl sites for hydroxylation is 1. The molecule has 2 nitrogen and oxygen atoms in total. The van der Waals surface area contributed by atoms with Crippen LogP contribution in [0.15, 0.2) is 11.4 Å². The fourth-order valence-electron chi connectivity index (χ4n) is 1.66. The number of carbonyl (C=O) groups excluding carboxylic acids is 1. The van der Waals surface area contributed by atoms with Gasteiger partial charge in [0.05, 0.1) is 6.61 Å². The van der Waals surface area contributed by atoms with Crippen molar-refractivity contribution in [1.29, 1.82) is 0 Å². The molecule has 0 bridgehead atoms. The third kappa shape index (κ3) is 5.68. The number of carbonyl (C=O) groups is 1. The number of rotatable bonds is 7. The normalized spacial score (nSPS) is 13.0. The summed E-state index contributed by atoms with van der Waals surface area (Å²) in [5.74, 6) is 0.491. The molecule has 0 aliphatic heterocycles. The van der Waals surface area contributed by atoms with Crippen LogP contribution in [0.2, 0.25) is 18.1 Å². The first-order valence-electron chi connectivity index (χ1n) is 7.76. The van der Waals surface area contributed by atoms with Gasteiger partial charge >= 0.3 is 0 Å². The second-order valence-corrected chi connectivity index (χ2v) is 13.4. The monoisotopic (exact) mass is 326 g/mol. The van der Waals surface area contributed by atoms with E-state index in [9.17, 15) is 4.79 Å². The van der Waals surface area contributed by atoms with Gasteiger partial charge in [-0.25, -0.2) is 0 Å². The summed E-state index contributed by atoms with van der Waals surface area (Å²) in [6.07, 6.45) is 1.50. The molecule has 21 heavy (non-hydrogen) atoms. The van der Waals surface area contributed by atoms with Gasteiger partial charge in [0, 0.05) is 17.2 Å². The van der Waals surface area contributed by atoms with Crippen molar-refractivity contribution in [3.05, 3.63) is 21.9 Å². The molecule has 0 amide bonds. The molecular weight excluding hydrogens is 296 g/mol. The van der Waals surface area contributed by atoms with Crippen molar-refractivity contribution in [2.45, 2.75) is 72.2 Å². The predicted molar refractivity (Wildman–Crippen MR) is 94.5 cm³/mol. The van der Waals surface area contributed by atoms with Gasteiger partial charge in [-0.15, -0.1) is 11.3 Å². The lowest BCUT2D eigenvalue weighted by Crippen LogP contribution is -2.40. The summed E-state index contributed by atoms with van der Waals surface area (Å²) in [6.45, 7) is 16.0. The van der Waals surface area contributed by atoms with Crippen molar-refractivity contribution >= 4 is 25.4 Å². The van der Waals surface area contributed by atoms with Gasteiger partial charge in [-0.1, -0.05) is 34.6 Å². The zero-order valence-electron chi connectivity index (χ0n) is 14.6. The number of ketones is 1. The zero-order chi connectivity index (χ0) is 16.3. The van der Waals surface area contributed by atoms with Crippen LogP contribution < -0.4 is 0 Å². The Bertz CT molecular complexity index is 469. The molecule has 120 valence electrons. The van der Waals surface area contributed by atoms with Crippen molar-refractivity contribution in [2.24, 2.45) is 5.92 Å². The average molecular weight is 327 g/mol. The van der Waals surface area contributed by atoms with Crippen molar-refractivity contribution < 1.29 is 9.22 Å². The van der Waals surface area contributed by atoms with Gasteiger partial charge in [0.25, 0.3) is 0 Å². The third-order valence-electron chi connectivity index (χ3n) is 4.39. The van der Waals surface area contributed by atoms with Gasteiger partial charge < -0.3 is 4.43 Å². The lowest BCUT2D eigenvalue weighted by molar-refractivity contribution is -0.121. The van der Waals surface area contributed by atoms with E-state index in [-0.39, 0.29) is 11.0 Å². The first-order chi connectivity index (χ1) is 9.53. The zero-order valence-corrected chi connectivity index (χ0v) is 16.4. The van der Waals surface area contributed by atoms with Gasteiger partial charge in [-0.05, 0) is 41.6 Å². The maximum absolute atomic E-state index is 11.7. The lowest BCUT2D eigenvalue weighted by atomic mass is 10.0. The Morgan fingerprint density at radius 1 is 1.33 bits per heavy atom.